The van der Waals surface area contributed by atoms with E-state index in [-0.39, 0.29) is 11.1 Å². The van der Waals surface area contributed by atoms with E-state index in [1.54, 1.807) is 18.2 Å². The molecule has 2 aromatic rings. The largest absolute Gasteiger partial charge is 0.497 e. The van der Waals surface area contributed by atoms with Gasteiger partial charge in [0.05, 0.1) is 7.11 Å². The second-order valence-corrected chi connectivity index (χ2v) is 3.26. The molecule has 1 heterocycles. The van der Waals surface area contributed by atoms with Crippen molar-refractivity contribution in [1.29, 1.82) is 0 Å². The first kappa shape index (κ1) is 10.4. The van der Waals surface area contributed by atoms with E-state index in [4.69, 9.17) is 4.74 Å². The van der Waals surface area contributed by atoms with Gasteiger partial charge in [-0.2, -0.15) is 0 Å². The molecule has 0 atom stereocenters. The summed E-state index contributed by atoms with van der Waals surface area (Å²) in [5, 5.41) is 0. The molecule has 0 radical (unpaired) electrons. The van der Waals surface area contributed by atoms with Gasteiger partial charge in [0.2, 0.25) is 0 Å². The molecule has 0 aliphatic carbocycles. The van der Waals surface area contributed by atoms with E-state index >= 15 is 0 Å². The quantitative estimate of drug-likeness (QED) is 0.841. The van der Waals surface area contributed by atoms with E-state index in [0.717, 1.165) is 0 Å². The normalized spacial score (nSPS) is 10.1. The number of pyridine rings is 1. The summed E-state index contributed by atoms with van der Waals surface area (Å²) in [7, 11) is 1.46. The third kappa shape index (κ3) is 1.82. The lowest BCUT2D eigenvalue weighted by Crippen LogP contribution is -2.07. The molecule has 0 aliphatic rings. The van der Waals surface area contributed by atoms with Crippen LogP contribution in [0.2, 0.25) is 0 Å². The van der Waals surface area contributed by atoms with Crippen molar-refractivity contribution in [3.8, 4) is 16.9 Å². The molecule has 0 aliphatic heterocycles. The van der Waals surface area contributed by atoms with Gasteiger partial charge in [-0.05, 0) is 24.3 Å². The number of aromatic amines is 1. The summed E-state index contributed by atoms with van der Waals surface area (Å²) in [4.78, 5) is 14.0. The summed E-state index contributed by atoms with van der Waals surface area (Å²) in [6.45, 7) is 0. The minimum Gasteiger partial charge on any atom is -0.497 e. The molecule has 1 aromatic heterocycles. The fourth-order valence-corrected chi connectivity index (χ4v) is 1.47. The molecule has 0 spiro atoms. The molecule has 1 aromatic carbocycles. The van der Waals surface area contributed by atoms with Gasteiger partial charge in [0.1, 0.15) is 11.6 Å². The van der Waals surface area contributed by atoms with Crippen LogP contribution >= 0.6 is 0 Å². The Morgan fingerprint density at radius 1 is 1.25 bits per heavy atom. The van der Waals surface area contributed by atoms with Gasteiger partial charge >= 0.3 is 0 Å². The number of methoxy groups -OCH3 is 1. The maximum atomic E-state index is 13.7. The molecule has 0 saturated carbocycles. The number of ether oxygens (including phenoxy) is 1. The second kappa shape index (κ2) is 4.18. The lowest BCUT2D eigenvalue weighted by atomic mass is 10.1. The van der Waals surface area contributed by atoms with Gasteiger partial charge in [-0.3, -0.25) is 4.79 Å². The Hall–Kier alpha value is -2.10. The summed E-state index contributed by atoms with van der Waals surface area (Å²) >= 11 is 0. The number of hydrogen-bond donors (Lipinski definition) is 1. The average Bonchev–Trinajstić information content (AvgIpc) is 2.30. The van der Waals surface area contributed by atoms with Crippen LogP contribution in [0.25, 0.3) is 11.1 Å². The smallest absolute Gasteiger partial charge is 0.255 e. The Balaban J connectivity index is 2.57. The van der Waals surface area contributed by atoms with Crippen LogP contribution in [0, 0.1) is 5.82 Å². The van der Waals surface area contributed by atoms with Crippen LogP contribution in [0.5, 0.6) is 5.75 Å². The van der Waals surface area contributed by atoms with Crippen LogP contribution in [0.4, 0.5) is 4.39 Å². The Morgan fingerprint density at radius 2 is 2.06 bits per heavy atom. The monoisotopic (exact) mass is 219 g/mol. The molecule has 82 valence electrons. The summed E-state index contributed by atoms with van der Waals surface area (Å²) in [6, 6.07) is 7.62. The molecule has 0 saturated heterocycles. The first-order chi connectivity index (χ1) is 7.72. The molecule has 1 N–H and O–H groups in total. The number of nitrogens with one attached hydrogen (secondary N) is 1. The molecular formula is C12H10FNO2. The lowest BCUT2D eigenvalue weighted by Gasteiger charge is -2.04. The van der Waals surface area contributed by atoms with Gasteiger partial charge in [0, 0.05) is 23.4 Å². The molecule has 4 heteroatoms. The highest BCUT2D eigenvalue weighted by Crippen LogP contribution is 2.23. The standard InChI is InChI=1S/C12H10FNO2/c1-16-8-4-5-9(11(13)7-8)10-3-2-6-14-12(10)15/h2-7H,1H3,(H,14,15). The van der Waals surface area contributed by atoms with E-state index < -0.39 is 5.82 Å². The highest BCUT2D eigenvalue weighted by molar-refractivity contribution is 5.63. The van der Waals surface area contributed by atoms with Crippen molar-refractivity contribution in [1.82, 2.24) is 4.98 Å². The predicted molar refractivity (Wildman–Crippen MR) is 59.0 cm³/mol. The molecule has 2 rings (SSSR count). The summed E-state index contributed by atoms with van der Waals surface area (Å²) in [6.07, 6.45) is 1.51. The summed E-state index contributed by atoms with van der Waals surface area (Å²) in [5.74, 6) is -0.0512. The molecule has 0 amide bonds. The SMILES string of the molecule is COc1ccc(-c2ccc[nH]c2=O)c(F)c1. The number of halogens is 1. The van der Waals surface area contributed by atoms with Crippen LogP contribution in [0.1, 0.15) is 0 Å². The Labute approximate surface area is 91.5 Å². The molecule has 0 unspecified atom stereocenters. The van der Waals surface area contributed by atoms with E-state index in [9.17, 15) is 9.18 Å². The third-order valence-electron chi connectivity index (χ3n) is 2.28. The molecule has 0 bridgehead atoms. The number of benzene rings is 1. The maximum Gasteiger partial charge on any atom is 0.255 e. The molecule has 3 nitrogen and oxygen atoms in total. The predicted octanol–water partition coefficient (Wildman–Crippen LogP) is 2.19. The molecule has 0 fully saturated rings. The maximum absolute atomic E-state index is 13.7. The van der Waals surface area contributed by atoms with Gasteiger partial charge in [-0.25, -0.2) is 4.39 Å². The molecule has 16 heavy (non-hydrogen) atoms. The van der Waals surface area contributed by atoms with E-state index in [1.165, 1.54) is 25.4 Å². The summed E-state index contributed by atoms with van der Waals surface area (Å²) < 4.78 is 18.6. The summed E-state index contributed by atoms with van der Waals surface area (Å²) in [5.41, 5.74) is 0.261. The minimum atomic E-state index is -0.476. The molecular weight excluding hydrogens is 209 g/mol. The lowest BCUT2D eigenvalue weighted by molar-refractivity contribution is 0.411. The minimum absolute atomic E-state index is 0.266. The number of aromatic nitrogens is 1. The van der Waals surface area contributed by atoms with Gasteiger partial charge in [-0.1, -0.05) is 0 Å². The van der Waals surface area contributed by atoms with Crippen LogP contribution in [0.15, 0.2) is 41.3 Å². The second-order valence-electron chi connectivity index (χ2n) is 3.26. The van der Waals surface area contributed by atoms with Crippen LogP contribution in [-0.4, -0.2) is 12.1 Å². The Bertz CT molecular complexity index is 563. The van der Waals surface area contributed by atoms with Crippen LogP contribution in [0.3, 0.4) is 0 Å². The first-order valence-corrected chi connectivity index (χ1v) is 4.74. The highest BCUT2D eigenvalue weighted by Gasteiger charge is 2.09. The van der Waals surface area contributed by atoms with E-state index in [2.05, 4.69) is 4.98 Å². The van der Waals surface area contributed by atoms with Crippen molar-refractivity contribution in [2.24, 2.45) is 0 Å². The zero-order chi connectivity index (χ0) is 11.5. The Morgan fingerprint density at radius 3 is 2.69 bits per heavy atom. The topological polar surface area (TPSA) is 42.1 Å². The van der Waals surface area contributed by atoms with Gasteiger partial charge in [-0.15, -0.1) is 0 Å². The van der Waals surface area contributed by atoms with Crippen molar-refractivity contribution >= 4 is 0 Å². The first-order valence-electron chi connectivity index (χ1n) is 4.74. The van der Waals surface area contributed by atoms with Crippen molar-refractivity contribution in [3.05, 3.63) is 52.7 Å². The highest BCUT2D eigenvalue weighted by atomic mass is 19.1. The number of hydrogen-bond acceptors (Lipinski definition) is 2. The van der Waals surface area contributed by atoms with Crippen molar-refractivity contribution in [2.45, 2.75) is 0 Å². The zero-order valence-electron chi connectivity index (χ0n) is 8.66. The van der Waals surface area contributed by atoms with Crippen molar-refractivity contribution < 1.29 is 9.13 Å². The van der Waals surface area contributed by atoms with Crippen LogP contribution < -0.4 is 10.3 Å². The number of rotatable bonds is 2. The van der Waals surface area contributed by atoms with Gasteiger partial charge in [0.25, 0.3) is 5.56 Å². The number of H-pyrrole nitrogens is 1. The average molecular weight is 219 g/mol. The van der Waals surface area contributed by atoms with Gasteiger partial charge in [0.15, 0.2) is 0 Å². The van der Waals surface area contributed by atoms with E-state index in [1.807, 2.05) is 0 Å². The fraction of sp³-hybridized carbons (Fsp3) is 0.0833. The third-order valence-corrected chi connectivity index (χ3v) is 2.28. The van der Waals surface area contributed by atoms with Crippen molar-refractivity contribution in [2.75, 3.05) is 7.11 Å². The Kier molecular flexibility index (Phi) is 2.72. The van der Waals surface area contributed by atoms with Crippen LogP contribution in [-0.2, 0) is 0 Å². The van der Waals surface area contributed by atoms with Crippen molar-refractivity contribution in [3.63, 3.8) is 0 Å². The zero-order valence-corrected chi connectivity index (χ0v) is 8.66. The fourth-order valence-electron chi connectivity index (χ4n) is 1.47. The van der Waals surface area contributed by atoms with E-state index in [0.29, 0.717) is 11.3 Å². The van der Waals surface area contributed by atoms with Gasteiger partial charge < -0.3 is 9.72 Å².